The molecule has 0 aliphatic heterocycles. The summed E-state index contributed by atoms with van der Waals surface area (Å²) in [6.07, 6.45) is -4.96. The number of alkyl halides is 4. The number of hydrogen-bond acceptors (Lipinski definition) is 10. The first-order chi connectivity index (χ1) is 17.5. The van der Waals surface area contributed by atoms with Gasteiger partial charge in [-0.1, -0.05) is 23.5 Å². The summed E-state index contributed by atoms with van der Waals surface area (Å²) >= 11 is 1.05. The zero-order chi connectivity index (χ0) is 27.4. The molecular formula is C21H27F4N7O4S. The molecule has 0 bridgehead atoms. The number of carbonyl (C=O) groups excluding carboxylic acids is 2. The van der Waals surface area contributed by atoms with Gasteiger partial charge in [0.2, 0.25) is 5.01 Å². The van der Waals surface area contributed by atoms with E-state index in [9.17, 15) is 27.2 Å². The second-order valence-corrected chi connectivity index (χ2v) is 8.61. The Labute approximate surface area is 213 Å². The average Bonchev–Trinajstić information content (AvgIpc) is 3.29. The van der Waals surface area contributed by atoms with Crippen LogP contribution in [0.25, 0.3) is 0 Å². The third kappa shape index (κ3) is 11.4. The zero-order valence-electron chi connectivity index (χ0n) is 19.8. The second kappa shape index (κ2) is 14.3. The number of ether oxygens (including phenoxy) is 2. The van der Waals surface area contributed by atoms with Gasteiger partial charge in [-0.25, -0.2) is 10.2 Å². The molecule has 0 aliphatic carbocycles. The largest absolute Gasteiger partial charge is 0.573 e. The van der Waals surface area contributed by atoms with E-state index in [1.807, 2.05) is 0 Å². The molecule has 1 heterocycles. The fourth-order valence-electron chi connectivity index (χ4n) is 2.82. The maximum Gasteiger partial charge on any atom is 0.573 e. The van der Waals surface area contributed by atoms with Crippen molar-refractivity contribution in [1.29, 1.82) is 0 Å². The summed E-state index contributed by atoms with van der Waals surface area (Å²) in [6, 6.07) is 5.07. The minimum atomic E-state index is -4.84. The van der Waals surface area contributed by atoms with Crippen LogP contribution in [0.2, 0.25) is 0 Å². The second-order valence-electron chi connectivity index (χ2n) is 7.54. The average molecular weight is 550 g/mol. The van der Waals surface area contributed by atoms with E-state index < -0.39 is 30.1 Å². The van der Waals surface area contributed by atoms with Crippen LogP contribution in [-0.4, -0.2) is 66.4 Å². The zero-order valence-corrected chi connectivity index (χ0v) is 20.6. The molecule has 0 spiro atoms. The molecule has 2 amide bonds. The fourth-order valence-corrected chi connectivity index (χ4v) is 3.59. The lowest BCUT2D eigenvalue weighted by Crippen LogP contribution is -2.36. The molecule has 1 aromatic heterocycles. The number of carbonyl (C=O) groups is 2. The number of methoxy groups -OCH3 is 1. The van der Waals surface area contributed by atoms with Crippen molar-refractivity contribution in [3.8, 4) is 5.75 Å². The Bertz CT molecular complexity index is 1070. The molecule has 0 radical (unpaired) electrons. The minimum Gasteiger partial charge on any atom is -0.406 e. The number of aryl methyl sites for hydroxylation is 1. The van der Waals surface area contributed by atoms with Gasteiger partial charge in [0.05, 0.1) is 13.2 Å². The first-order valence-corrected chi connectivity index (χ1v) is 11.6. The Balaban J connectivity index is 1.77. The molecule has 11 nitrogen and oxygen atoms in total. The fraction of sp³-hybridized carbons (Fsp3) is 0.429. The first kappa shape index (κ1) is 29.7. The van der Waals surface area contributed by atoms with E-state index in [2.05, 4.69) is 25.6 Å². The summed E-state index contributed by atoms with van der Waals surface area (Å²) in [4.78, 5) is 24.1. The van der Waals surface area contributed by atoms with E-state index in [0.717, 1.165) is 34.7 Å². The smallest absolute Gasteiger partial charge is 0.406 e. The number of halogens is 4. The summed E-state index contributed by atoms with van der Waals surface area (Å²) < 4.78 is 60.0. The lowest BCUT2D eigenvalue weighted by atomic mass is 10.2. The number of nitrogens with one attached hydrogen (secondary N) is 2. The van der Waals surface area contributed by atoms with Gasteiger partial charge in [0.15, 0.2) is 0 Å². The molecule has 0 saturated heterocycles. The van der Waals surface area contributed by atoms with Gasteiger partial charge >= 0.3 is 6.36 Å². The van der Waals surface area contributed by atoms with Crippen molar-refractivity contribution in [2.24, 2.45) is 11.6 Å². The molecule has 37 heavy (non-hydrogen) atoms. The lowest BCUT2D eigenvalue weighted by Gasteiger charge is -2.17. The van der Waals surface area contributed by atoms with Crippen LogP contribution in [0.5, 0.6) is 5.75 Å². The van der Waals surface area contributed by atoms with Crippen molar-refractivity contribution >= 4 is 23.2 Å². The van der Waals surface area contributed by atoms with E-state index in [4.69, 9.17) is 16.3 Å². The highest BCUT2D eigenvalue weighted by molar-refractivity contribution is 7.13. The Kier molecular flexibility index (Phi) is 11.5. The van der Waals surface area contributed by atoms with Crippen molar-refractivity contribution < 1.29 is 36.6 Å². The van der Waals surface area contributed by atoms with Crippen molar-refractivity contribution in [3.05, 3.63) is 51.7 Å². The summed E-state index contributed by atoms with van der Waals surface area (Å²) in [7, 11) is 1.51. The highest BCUT2D eigenvalue weighted by Crippen LogP contribution is 2.23. The molecule has 2 rings (SSSR count). The van der Waals surface area contributed by atoms with Crippen LogP contribution in [-0.2, 0) is 22.5 Å². The highest BCUT2D eigenvalue weighted by atomic mass is 32.1. The van der Waals surface area contributed by atoms with Gasteiger partial charge in [0.25, 0.3) is 11.8 Å². The molecule has 1 unspecified atom stereocenters. The van der Waals surface area contributed by atoms with Crippen LogP contribution >= 0.6 is 11.3 Å². The van der Waals surface area contributed by atoms with Crippen LogP contribution in [0, 0.1) is 0 Å². The van der Waals surface area contributed by atoms with Crippen LogP contribution in [0.15, 0.2) is 36.2 Å². The lowest BCUT2D eigenvalue weighted by molar-refractivity contribution is -0.274. The standard InChI is InChI=1S/C21H27F4N7O4S/c1-35-8-7-28-19(34)20-31-30-17(37-20)6-5-14(22)11-32(27)12-16(26)18(33)29-10-13-3-2-4-15(9-13)36-21(23,24)25/h2-4,9,12,14H,5-8,10-11,26-27H2,1H3,(H,28,34)(H,29,33)/b16-12-. The molecule has 0 aliphatic rings. The SMILES string of the molecule is COCCNC(=O)c1nnc(CCC(F)CN(N)/C=C(\N)C(=O)NCc2cccc(OC(F)(F)F)c2)s1. The number of amides is 2. The number of hydrogen-bond donors (Lipinski definition) is 4. The molecule has 1 aromatic carbocycles. The third-order valence-corrected chi connectivity index (χ3v) is 5.47. The van der Waals surface area contributed by atoms with E-state index >= 15 is 0 Å². The van der Waals surface area contributed by atoms with E-state index in [-0.39, 0.29) is 36.6 Å². The maximum atomic E-state index is 14.4. The van der Waals surface area contributed by atoms with Crippen molar-refractivity contribution in [2.45, 2.75) is 31.9 Å². The van der Waals surface area contributed by atoms with Gasteiger partial charge in [0, 0.05) is 32.8 Å². The minimum absolute atomic E-state index is 0.0317. The predicted octanol–water partition coefficient (Wildman–Crippen LogP) is 1.38. The van der Waals surface area contributed by atoms with Crippen molar-refractivity contribution in [2.75, 3.05) is 26.8 Å². The molecule has 2 aromatic rings. The summed E-state index contributed by atoms with van der Waals surface area (Å²) in [5.74, 6) is 4.14. The molecule has 1 atom stereocenters. The maximum absolute atomic E-state index is 14.4. The van der Waals surface area contributed by atoms with Gasteiger partial charge in [-0.3, -0.25) is 9.59 Å². The van der Waals surface area contributed by atoms with Gasteiger partial charge in [-0.2, -0.15) is 0 Å². The van der Waals surface area contributed by atoms with Crippen molar-refractivity contribution in [1.82, 2.24) is 25.8 Å². The number of aromatic nitrogens is 2. The van der Waals surface area contributed by atoms with Gasteiger partial charge in [0.1, 0.15) is 22.6 Å². The summed E-state index contributed by atoms with van der Waals surface area (Å²) in [6.45, 7) is 0.259. The highest BCUT2D eigenvalue weighted by Gasteiger charge is 2.31. The van der Waals surface area contributed by atoms with Gasteiger partial charge in [-0.05, 0) is 24.1 Å². The van der Waals surface area contributed by atoms with Crippen molar-refractivity contribution in [3.63, 3.8) is 0 Å². The van der Waals surface area contributed by atoms with Crippen LogP contribution in [0.1, 0.15) is 26.8 Å². The normalized spacial score (nSPS) is 12.6. The molecule has 0 saturated carbocycles. The number of hydrazine groups is 1. The number of rotatable bonds is 14. The quantitative estimate of drug-likeness (QED) is 0.0898. The Hall–Kier alpha value is -3.50. The van der Waals surface area contributed by atoms with Gasteiger partial charge < -0.3 is 30.8 Å². The Morgan fingerprint density at radius 3 is 2.73 bits per heavy atom. The summed E-state index contributed by atoms with van der Waals surface area (Å²) in [5.41, 5.74) is 5.69. The summed E-state index contributed by atoms with van der Waals surface area (Å²) in [5, 5.41) is 14.2. The Morgan fingerprint density at radius 1 is 1.27 bits per heavy atom. The molecule has 0 fully saturated rings. The number of benzene rings is 1. The Morgan fingerprint density at radius 2 is 2.03 bits per heavy atom. The molecular weight excluding hydrogens is 522 g/mol. The third-order valence-electron chi connectivity index (χ3n) is 4.49. The molecule has 6 N–H and O–H groups in total. The van der Waals surface area contributed by atoms with Crippen LogP contribution in [0.3, 0.4) is 0 Å². The van der Waals surface area contributed by atoms with E-state index in [1.54, 1.807) is 0 Å². The predicted molar refractivity (Wildman–Crippen MR) is 125 cm³/mol. The van der Waals surface area contributed by atoms with Gasteiger partial charge in [-0.15, -0.1) is 23.4 Å². The van der Waals surface area contributed by atoms with E-state index in [1.165, 1.54) is 19.2 Å². The van der Waals surface area contributed by atoms with E-state index in [0.29, 0.717) is 23.7 Å². The number of nitrogens with two attached hydrogens (primary N) is 2. The molecule has 16 heteroatoms. The molecule has 204 valence electrons. The number of nitrogens with zero attached hydrogens (tertiary/aromatic N) is 3. The van der Waals surface area contributed by atoms with Crippen LogP contribution < -0.4 is 26.9 Å². The first-order valence-electron chi connectivity index (χ1n) is 10.8. The topological polar surface area (TPSA) is 158 Å². The van der Waals surface area contributed by atoms with Crippen LogP contribution in [0.4, 0.5) is 17.6 Å². The monoisotopic (exact) mass is 549 g/mol.